The van der Waals surface area contributed by atoms with Gasteiger partial charge in [-0.25, -0.2) is 0 Å². The predicted octanol–water partition coefficient (Wildman–Crippen LogP) is 1.99. The van der Waals surface area contributed by atoms with Crippen molar-refractivity contribution >= 4 is 0 Å². The Morgan fingerprint density at radius 1 is 0.955 bits per heavy atom. The van der Waals surface area contributed by atoms with Gasteiger partial charge in [0.05, 0.1) is 0 Å². The van der Waals surface area contributed by atoms with Gasteiger partial charge in [0.1, 0.15) is 12.1 Å². The summed E-state index contributed by atoms with van der Waals surface area (Å²) < 4.78 is 2.28. The molecule has 0 aliphatic carbocycles. The lowest BCUT2D eigenvalue weighted by Crippen LogP contribution is -2.45. The smallest absolute Gasteiger partial charge is 0.293 e. The second-order valence-corrected chi connectivity index (χ2v) is 6.54. The Balaban J connectivity index is 3.57. The van der Waals surface area contributed by atoms with Crippen LogP contribution in [-0.2, 0) is 13.1 Å². The largest absolute Gasteiger partial charge is 0.317 e. The lowest BCUT2D eigenvalue weighted by Gasteiger charge is -2.21. The lowest BCUT2D eigenvalue weighted by molar-refractivity contribution is 0.333. The van der Waals surface area contributed by atoms with Crippen molar-refractivity contribution in [3.05, 3.63) is 32.1 Å². The molecule has 1 aromatic heterocycles. The maximum atomic E-state index is 12.3. The molecule has 1 heterocycles. The van der Waals surface area contributed by atoms with Gasteiger partial charge in [0.25, 0.3) is 0 Å². The summed E-state index contributed by atoms with van der Waals surface area (Å²) in [6.07, 6.45) is 2.55. The molecule has 118 valence electrons. The molecule has 0 aliphatic heterocycles. The minimum atomic E-state index is -0.734. The Morgan fingerprint density at radius 2 is 1.45 bits per heavy atom. The first-order valence-corrected chi connectivity index (χ1v) is 7.44. The normalized spacial score (nSPS) is 11.0. The highest BCUT2D eigenvalue weighted by molar-refractivity contribution is 5.36. The van der Waals surface area contributed by atoms with E-state index in [0.717, 1.165) is 22.0 Å². The van der Waals surface area contributed by atoms with Crippen LogP contribution in [0.3, 0.4) is 0 Å². The molecule has 1 aromatic rings. The van der Waals surface area contributed by atoms with Crippen LogP contribution >= 0.6 is 0 Å². The maximum absolute atomic E-state index is 12.3. The molecule has 0 saturated heterocycles. The highest BCUT2D eigenvalue weighted by Gasteiger charge is 2.22. The number of nitrogens with zero attached hydrogens (tertiary/aromatic N) is 4. The van der Waals surface area contributed by atoms with Gasteiger partial charge in [0, 0.05) is 13.1 Å². The van der Waals surface area contributed by atoms with Crippen LogP contribution in [0.15, 0.2) is 9.59 Å². The van der Waals surface area contributed by atoms with Crippen LogP contribution in [0.2, 0.25) is 0 Å². The molecule has 0 N–H and O–H groups in total. The summed E-state index contributed by atoms with van der Waals surface area (Å²) in [5.41, 5.74) is -1.80. The van der Waals surface area contributed by atoms with E-state index in [-0.39, 0.29) is 29.9 Å². The van der Waals surface area contributed by atoms with Crippen molar-refractivity contribution in [3.63, 3.8) is 0 Å². The summed E-state index contributed by atoms with van der Waals surface area (Å²) >= 11 is 0. The standard InChI is InChI=1S/C16H22N4O2/c1-5-6-7-8-19-12(9-17)13(10-18)20(11-16(2,3)4)15(22)14(19)21/h5-8,11H2,1-4H3. The van der Waals surface area contributed by atoms with Crippen LogP contribution < -0.4 is 11.1 Å². The van der Waals surface area contributed by atoms with Crippen LogP contribution in [0.5, 0.6) is 0 Å². The van der Waals surface area contributed by atoms with E-state index in [0.29, 0.717) is 6.42 Å². The van der Waals surface area contributed by atoms with E-state index in [1.807, 2.05) is 39.8 Å². The van der Waals surface area contributed by atoms with Gasteiger partial charge in [-0.1, -0.05) is 40.5 Å². The third-order valence-corrected chi connectivity index (χ3v) is 3.27. The first kappa shape index (κ1) is 17.7. The van der Waals surface area contributed by atoms with Crippen molar-refractivity contribution in [1.29, 1.82) is 10.5 Å². The van der Waals surface area contributed by atoms with E-state index in [1.165, 1.54) is 0 Å². The van der Waals surface area contributed by atoms with E-state index in [2.05, 4.69) is 0 Å². The minimum Gasteiger partial charge on any atom is -0.293 e. The fourth-order valence-electron chi connectivity index (χ4n) is 2.27. The minimum absolute atomic E-state index is 0.0209. The van der Waals surface area contributed by atoms with Gasteiger partial charge in [-0.3, -0.25) is 18.7 Å². The third-order valence-electron chi connectivity index (χ3n) is 3.27. The van der Waals surface area contributed by atoms with E-state index >= 15 is 0 Å². The van der Waals surface area contributed by atoms with Crippen molar-refractivity contribution in [2.24, 2.45) is 5.41 Å². The monoisotopic (exact) mass is 302 g/mol. The van der Waals surface area contributed by atoms with Crippen molar-refractivity contribution in [2.45, 2.75) is 60.0 Å². The molecule has 6 nitrogen and oxygen atoms in total. The second-order valence-electron chi connectivity index (χ2n) is 6.54. The number of aromatic nitrogens is 2. The molecule has 0 fully saturated rings. The van der Waals surface area contributed by atoms with Crippen molar-refractivity contribution < 1.29 is 0 Å². The van der Waals surface area contributed by atoms with Crippen LogP contribution in [0.4, 0.5) is 0 Å². The van der Waals surface area contributed by atoms with E-state index < -0.39 is 11.1 Å². The molecular weight excluding hydrogens is 280 g/mol. The first-order chi connectivity index (χ1) is 10.3. The number of hydrogen-bond donors (Lipinski definition) is 0. The highest BCUT2D eigenvalue weighted by atomic mass is 16.2. The van der Waals surface area contributed by atoms with Crippen molar-refractivity contribution in [2.75, 3.05) is 0 Å². The summed E-state index contributed by atoms with van der Waals surface area (Å²) in [5.74, 6) is 0. The summed E-state index contributed by atoms with van der Waals surface area (Å²) in [7, 11) is 0. The average molecular weight is 302 g/mol. The summed E-state index contributed by atoms with van der Waals surface area (Å²) in [6, 6.07) is 3.83. The number of unbranched alkanes of at least 4 members (excludes halogenated alkanes) is 2. The van der Waals surface area contributed by atoms with Gasteiger partial charge >= 0.3 is 11.1 Å². The lowest BCUT2D eigenvalue weighted by atomic mass is 9.96. The Kier molecular flexibility index (Phi) is 5.70. The zero-order valence-electron chi connectivity index (χ0n) is 13.6. The van der Waals surface area contributed by atoms with Crippen LogP contribution in [0.1, 0.15) is 58.3 Å². The summed E-state index contributed by atoms with van der Waals surface area (Å²) in [4.78, 5) is 24.6. The van der Waals surface area contributed by atoms with Gasteiger partial charge in [0.15, 0.2) is 11.4 Å². The first-order valence-electron chi connectivity index (χ1n) is 7.44. The van der Waals surface area contributed by atoms with Crippen molar-refractivity contribution in [1.82, 2.24) is 9.13 Å². The Bertz CT molecular complexity index is 736. The Hall–Kier alpha value is -2.34. The molecule has 0 aromatic carbocycles. The van der Waals surface area contributed by atoms with Gasteiger partial charge in [0.2, 0.25) is 0 Å². The zero-order valence-corrected chi connectivity index (χ0v) is 13.6. The number of hydrogen-bond acceptors (Lipinski definition) is 4. The molecule has 0 amide bonds. The summed E-state index contributed by atoms with van der Waals surface area (Å²) in [6.45, 7) is 8.23. The third kappa shape index (κ3) is 3.85. The van der Waals surface area contributed by atoms with Gasteiger partial charge in [-0.2, -0.15) is 10.5 Å². The van der Waals surface area contributed by atoms with Gasteiger partial charge in [-0.05, 0) is 11.8 Å². The number of nitriles is 2. The average Bonchev–Trinajstić information content (AvgIpc) is 2.44. The fourth-order valence-corrected chi connectivity index (χ4v) is 2.27. The molecule has 22 heavy (non-hydrogen) atoms. The predicted molar refractivity (Wildman–Crippen MR) is 83.4 cm³/mol. The van der Waals surface area contributed by atoms with E-state index in [9.17, 15) is 20.1 Å². The molecule has 0 bridgehead atoms. The van der Waals surface area contributed by atoms with Gasteiger partial charge < -0.3 is 0 Å². The van der Waals surface area contributed by atoms with E-state index in [1.54, 1.807) is 0 Å². The number of rotatable bonds is 5. The Morgan fingerprint density at radius 3 is 1.91 bits per heavy atom. The molecular formula is C16H22N4O2. The molecule has 1 rings (SSSR count). The van der Waals surface area contributed by atoms with Crippen LogP contribution in [0, 0.1) is 28.1 Å². The van der Waals surface area contributed by atoms with E-state index in [4.69, 9.17) is 0 Å². The zero-order chi connectivity index (χ0) is 16.9. The fraction of sp³-hybridized carbons (Fsp3) is 0.625. The molecule has 6 heteroatoms. The Labute approximate surface area is 130 Å². The molecule has 0 aliphatic rings. The molecule has 0 unspecified atom stereocenters. The second kappa shape index (κ2) is 7.09. The summed E-state index contributed by atoms with van der Waals surface area (Å²) in [5, 5.41) is 18.7. The molecule has 0 saturated carbocycles. The van der Waals surface area contributed by atoms with Gasteiger partial charge in [-0.15, -0.1) is 0 Å². The molecule has 0 atom stereocenters. The SMILES string of the molecule is CCCCCn1c(C#N)c(C#N)n(CC(C)(C)C)c(=O)c1=O. The quantitative estimate of drug-likeness (QED) is 0.614. The topological polar surface area (TPSA) is 91.6 Å². The highest BCUT2D eigenvalue weighted by Crippen LogP contribution is 2.17. The van der Waals surface area contributed by atoms with Crippen molar-refractivity contribution in [3.8, 4) is 12.1 Å². The molecule has 0 spiro atoms. The van der Waals surface area contributed by atoms with Crippen LogP contribution in [-0.4, -0.2) is 9.13 Å². The van der Waals surface area contributed by atoms with Crippen LogP contribution in [0.25, 0.3) is 0 Å². The molecule has 0 radical (unpaired) electrons. The maximum Gasteiger partial charge on any atom is 0.317 e.